The van der Waals surface area contributed by atoms with Crippen molar-refractivity contribution in [2.24, 2.45) is 9.98 Å². The topological polar surface area (TPSA) is 55.3 Å². The molecule has 0 radical (unpaired) electrons. The number of amidine groups is 2. The molecule has 53 heavy (non-hydrogen) atoms. The minimum absolute atomic E-state index is 0.116. The fourth-order valence-corrected chi connectivity index (χ4v) is 10.6. The van der Waals surface area contributed by atoms with Gasteiger partial charge in [-0.2, -0.15) is 0 Å². The van der Waals surface area contributed by atoms with Crippen LogP contribution in [0.25, 0.3) is 0 Å². The zero-order valence-corrected chi connectivity index (χ0v) is 31.2. The van der Waals surface area contributed by atoms with Crippen LogP contribution >= 0.6 is 23.5 Å². The van der Waals surface area contributed by atoms with Crippen LogP contribution in [0.3, 0.4) is 0 Å². The van der Waals surface area contributed by atoms with E-state index in [1.807, 2.05) is 23.5 Å². The summed E-state index contributed by atoms with van der Waals surface area (Å²) in [5.74, 6) is 2.71. The molecule has 0 saturated carbocycles. The predicted molar refractivity (Wildman–Crippen MR) is 222 cm³/mol. The van der Waals surface area contributed by atoms with Gasteiger partial charge in [-0.05, 0) is 69.0 Å². The molecule has 6 nitrogen and oxygen atoms in total. The second kappa shape index (κ2) is 13.3. The van der Waals surface area contributed by atoms with E-state index in [1.165, 1.54) is 37.5 Å². The van der Waals surface area contributed by atoms with Gasteiger partial charge in [0.05, 0.1) is 34.9 Å². The van der Waals surface area contributed by atoms with Crippen molar-refractivity contribution in [3.63, 3.8) is 0 Å². The number of anilines is 2. The van der Waals surface area contributed by atoms with Crippen LogP contribution in [0.4, 0.5) is 11.4 Å². The van der Waals surface area contributed by atoms with Crippen molar-refractivity contribution >= 4 is 46.6 Å². The van der Waals surface area contributed by atoms with E-state index in [0.29, 0.717) is 6.54 Å². The number of allylic oxidation sites excluding steroid dienone is 7. The Bertz CT molecular complexity index is 2320. The summed E-state index contributed by atoms with van der Waals surface area (Å²) in [6, 6.07) is 28.2. The lowest BCUT2D eigenvalue weighted by Crippen LogP contribution is -2.51. The van der Waals surface area contributed by atoms with Crippen molar-refractivity contribution in [1.29, 1.82) is 0 Å². The maximum Gasteiger partial charge on any atom is 0.181 e. The van der Waals surface area contributed by atoms with E-state index in [2.05, 4.69) is 167 Å². The third kappa shape index (κ3) is 5.76. The number of thioether (sulfide) groups is 2. The highest BCUT2D eigenvalue weighted by Gasteiger charge is 2.43. The fourth-order valence-electron chi connectivity index (χ4n) is 8.17. The highest BCUT2D eigenvalue weighted by Crippen LogP contribution is 2.50. The number of nitrogens with zero attached hydrogens (tertiary/aromatic N) is 4. The van der Waals surface area contributed by atoms with Gasteiger partial charge in [-0.1, -0.05) is 115 Å². The van der Waals surface area contributed by atoms with Crippen LogP contribution in [0.2, 0.25) is 0 Å². The lowest BCUT2D eigenvalue weighted by atomic mass is 9.93. The van der Waals surface area contributed by atoms with E-state index in [9.17, 15) is 0 Å². The van der Waals surface area contributed by atoms with Gasteiger partial charge in [-0.3, -0.25) is 0 Å². The summed E-state index contributed by atoms with van der Waals surface area (Å²) in [7, 11) is 0. The Morgan fingerprint density at radius 2 is 1.57 bits per heavy atom. The Balaban J connectivity index is 1.23. The minimum atomic E-state index is -0.973. The van der Waals surface area contributed by atoms with Crippen LogP contribution in [0.5, 0.6) is 0 Å². The molecule has 3 unspecified atom stereocenters. The molecule has 262 valence electrons. The van der Waals surface area contributed by atoms with Gasteiger partial charge in [-0.25, -0.2) is 9.98 Å². The molecule has 4 aliphatic heterocycles. The zero-order valence-electron chi connectivity index (χ0n) is 29.6. The van der Waals surface area contributed by atoms with Crippen LogP contribution in [-0.4, -0.2) is 35.2 Å². The van der Waals surface area contributed by atoms with Gasteiger partial charge < -0.3 is 20.4 Å². The van der Waals surface area contributed by atoms with Gasteiger partial charge in [-0.15, -0.1) is 11.8 Å². The molecule has 0 saturated heterocycles. The molecule has 0 spiro atoms. The van der Waals surface area contributed by atoms with Crippen LogP contribution in [0, 0.1) is 0 Å². The number of fused-ring (bicyclic) bond motifs is 3. The number of hydrogen-bond acceptors (Lipinski definition) is 8. The summed E-state index contributed by atoms with van der Waals surface area (Å²) in [5.41, 5.74) is 7.05. The number of dihydropyridines is 1. The predicted octanol–water partition coefficient (Wildman–Crippen LogP) is 9.78. The van der Waals surface area contributed by atoms with Crippen molar-refractivity contribution in [3.8, 4) is 0 Å². The Labute approximate surface area is 319 Å². The van der Waals surface area contributed by atoms with Gasteiger partial charge in [0.1, 0.15) is 17.5 Å². The fraction of sp³-hybridized carbons (Fsp3) is 0.200. The van der Waals surface area contributed by atoms with Crippen molar-refractivity contribution in [3.05, 3.63) is 178 Å². The number of para-hydroxylation sites is 2. The number of benzene rings is 3. The van der Waals surface area contributed by atoms with E-state index in [1.54, 1.807) is 0 Å². The molecule has 0 aromatic heterocycles. The summed E-state index contributed by atoms with van der Waals surface area (Å²) < 4.78 is 0. The van der Waals surface area contributed by atoms with Crippen LogP contribution in [0.1, 0.15) is 38.2 Å². The first kappa shape index (κ1) is 32.5. The SMILES string of the molecule is CC1(C2=C(N3c4ccccc4SC4C=CC=CC43)NCC(N3C4=C(CCC=C4)Sc4ccccc43)=C2)N=C(C2=CCCC=C2)NC(c2ccccc2)=N1. The molecule has 3 atom stereocenters. The number of rotatable bonds is 5. The van der Waals surface area contributed by atoms with Crippen molar-refractivity contribution in [2.75, 3.05) is 16.3 Å². The Hall–Kier alpha value is -5.18. The largest absolute Gasteiger partial charge is 0.365 e. The molecule has 7 aliphatic rings. The monoisotopic (exact) mass is 728 g/mol. The first-order chi connectivity index (χ1) is 26.1. The lowest BCUT2D eigenvalue weighted by Gasteiger charge is -2.47. The second-order valence-corrected chi connectivity index (χ2v) is 16.5. The van der Waals surface area contributed by atoms with E-state index in [0.717, 1.165) is 59.9 Å². The zero-order chi connectivity index (χ0) is 35.4. The summed E-state index contributed by atoms with van der Waals surface area (Å²) in [4.78, 5) is 20.1. The molecular weight excluding hydrogens is 689 g/mol. The molecule has 8 heteroatoms. The summed E-state index contributed by atoms with van der Waals surface area (Å²) in [5, 5.41) is 7.98. The minimum Gasteiger partial charge on any atom is -0.365 e. The molecular formula is C45H40N6S2. The standard InChI is InChI=1S/C45H40N6S2/c1-45(48-42(30-16-4-2-5-17-30)47-43(49-45)31-18-6-3-7-19-31)33-28-32(50-34-20-8-12-24-38(34)52-39-25-13-9-21-35(39)50)29-46-44(33)51-36-22-10-14-26-40(36)53-41-27-15-11-23-37(41)51/h2,4-6,8-12,14-24,26-28,36,40,46H,3,7,13,25,29H2,1H3,(H,47,48,49). The lowest BCUT2D eigenvalue weighted by molar-refractivity contribution is 0.552. The average molecular weight is 729 g/mol. The van der Waals surface area contributed by atoms with Gasteiger partial charge >= 0.3 is 0 Å². The normalized spacial score (nSPS) is 25.6. The highest BCUT2D eigenvalue weighted by atomic mass is 32.2. The maximum absolute atomic E-state index is 5.59. The van der Waals surface area contributed by atoms with E-state index in [4.69, 9.17) is 9.98 Å². The molecule has 10 rings (SSSR count). The van der Waals surface area contributed by atoms with Crippen LogP contribution in [-0.2, 0) is 0 Å². The van der Waals surface area contributed by atoms with Crippen molar-refractivity contribution in [2.45, 2.75) is 59.4 Å². The molecule has 3 aliphatic carbocycles. The molecule has 0 amide bonds. The van der Waals surface area contributed by atoms with Gasteiger partial charge in [0.15, 0.2) is 5.66 Å². The van der Waals surface area contributed by atoms with Crippen molar-refractivity contribution in [1.82, 2.24) is 10.6 Å². The molecule has 0 bridgehead atoms. The summed E-state index contributed by atoms with van der Waals surface area (Å²) in [6.45, 7) is 2.84. The molecule has 3 aromatic carbocycles. The molecule has 3 aromatic rings. The van der Waals surface area contributed by atoms with Crippen LogP contribution < -0.4 is 20.4 Å². The first-order valence-electron chi connectivity index (χ1n) is 18.6. The van der Waals surface area contributed by atoms with E-state index in [-0.39, 0.29) is 11.3 Å². The third-order valence-corrected chi connectivity index (χ3v) is 13.2. The summed E-state index contributed by atoms with van der Waals surface area (Å²) in [6.07, 6.45) is 27.0. The van der Waals surface area contributed by atoms with E-state index < -0.39 is 5.66 Å². The first-order valence-corrected chi connectivity index (χ1v) is 20.3. The molecule has 2 N–H and O–H groups in total. The van der Waals surface area contributed by atoms with Gasteiger partial charge in [0.25, 0.3) is 0 Å². The Kier molecular flexibility index (Phi) is 8.18. The quantitative estimate of drug-likeness (QED) is 0.273. The Morgan fingerprint density at radius 1 is 0.792 bits per heavy atom. The highest BCUT2D eigenvalue weighted by molar-refractivity contribution is 8.03. The van der Waals surface area contributed by atoms with Gasteiger partial charge in [0.2, 0.25) is 0 Å². The number of hydrogen-bond donors (Lipinski definition) is 2. The maximum atomic E-state index is 5.59. The van der Waals surface area contributed by atoms with Crippen molar-refractivity contribution < 1.29 is 0 Å². The average Bonchev–Trinajstić information content (AvgIpc) is 3.22. The Morgan fingerprint density at radius 3 is 2.43 bits per heavy atom. The molecule has 0 fully saturated rings. The second-order valence-electron chi connectivity index (χ2n) is 14.2. The smallest absolute Gasteiger partial charge is 0.181 e. The number of aliphatic imine (C=N–C) groups is 2. The molecule has 4 heterocycles. The van der Waals surface area contributed by atoms with Crippen LogP contribution in [0.15, 0.2) is 193 Å². The number of nitrogens with one attached hydrogen (secondary N) is 2. The van der Waals surface area contributed by atoms with Gasteiger partial charge in [0, 0.05) is 37.1 Å². The third-order valence-electron chi connectivity index (χ3n) is 10.7. The summed E-state index contributed by atoms with van der Waals surface area (Å²) >= 11 is 3.86. The van der Waals surface area contributed by atoms with E-state index >= 15 is 0 Å².